The van der Waals surface area contributed by atoms with Crippen molar-refractivity contribution in [2.45, 2.75) is 96.3 Å². The lowest BCUT2D eigenvalue weighted by Gasteiger charge is -2.35. The third-order valence-electron chi connectivity index (χ3n) is 7.01. The number of fused-ring (bicyclic) bond motifs is 3. The summed E-state index contributed by atoms with van der Waals surface area (Å²) in [4.78, 5) is 37.2. The summed E-state index contributed by atoms with van der Waals surface area (Å²) in [6.07, 6.45) is 6.96. The lowest BCUT2D eigenvalue weighted by molar-refractivity contribution is -0.119. The standard InChI is InChI=1S/C26H34N4O4S/c1-15(31)17(13-27)12-16-6-11-20-21(16)22-23(28-14-29-24(22)35-20)33-19-9-7-18(8-10-19)30(5)25(32)34-26(2,3)4/h14,16-19H,6-12H2,1-5H3/t16-,17?,18-,19-/m1/s1. The second-order valence-corrected chi connectivity index (χ2v) is 11.8. The third kappa shape index (κ3) is 5.58. The van der Waals surface area contributed by atoms with Crippen molar-refractivity contribution >= 4 is 33.4 Å². The summed E-state index contributed by atoms with van der Waals surface area (Å²) in [6.45, 7) is 7.11. The maximum Gasteiger partial charge on any atom is 0.410 e. The van der Waals surface area contributed by atoms with Gasteiger partial charge in [-0.3, -0.25) is 4.79 Å². The summed E-state index contributed by atoms with van der Waals surface area (Å²) in [5.41, 5.74) is 0.654. The Morgan fingerprint density at radius 1 is 1.23 bits per heavy atom. The van der Waals surface area contributed by atoms with Gasteiger partial charge in [-0.2, -0.15) is 5.26 Å². The molecular formula is C26H34N4O4S. The zero-order valence-corrected chi connectivity index (χ0v) is 22.0. The molecule has 9 heteroatoms. The molecule has 1 saturated carbocycles. The van der Waals surface area contributed by atoms with Crippen LogP contribution in [0.1, 0.15) is 82.6 Å². The molecule has 0 bridgehead atoms. The smallest absolute Gasteiger partial charge is 0.410 e. The summed E-state index contributed by atoms with van der Waals surface area (Å²) in [5.74, 6) is 0.0620. The van der Waals surface area contributed by atoms with Gasteiger partial charge in [-0.1, -0.05) is 0 Å². The number of aryl methyl sites for hydroxylation is 1. The highest BCUT2D eigenvalue weighted by Gasteiger charge is 2.34. The second-order valence-electron chi connectivity index (χ2n) is 10.7. The largest absolute Gasteiger partial charge is 0.474 e. The summed E-state index contributed by atoms with van der Waals surface area (Å²) in [6, 6.07) is 2.29. The van der Waals surface area contributed by atoms with Gasteiger partial charge in [0.1, 0.15) is 34.6 Å². The summed E-state index contributed by atoms with van der Waals surface area (Å²) in [5, 5.41) is 10.4. The Morgan fingerprint density at radius 3 is 2.57 bits per heavy atom. The van der Waals surface area contributed by atoms with Crippen molar-refractivity contribution in [3.8, 4) is 11.9 Å². The first-order valence-electron chi connectivity index (χ1n) is 12.4. The van der Waals surface area contributed by atoms with Crippen LogP contribution in [0.2, 0.25) is 0 Å². The quantitative estimate of drug-likeness (QED) is 0.525. The first-order chi connectivity index (χ1) is 16.6. The molecule has 2 aromatic rings. The summed E-state index contributed by atoms with van der Waals surface area (Å²) >= 11 is 1.66. The van der Waals surface area contributed by atoms with E-state index in [0.717, 1.165) is 48.7 Å². The lowest BCUT2D eigenvalue weighted by Crippen LogP contribution is -2.43. The number of carbonyl (C=O) groups excluding carboxylic acids is 2. The van der Waals surface area contributed by atoms with Crippen molar-refractivity contribution in [1.82, 2.24) is 14.9 Å². The van der Waals surface area contributed by atoms with E-state index in [1.165, 1.54) is 17.4 Å². The number of Topliss-reactive ketones (excluding diaryl/α,β-unsaturated/α-hetero) is 1. The number of aromatic nitrogens is 2. The van der Waals surface area contributed by atoms with Crippen molar-refractivity contribution in [3.05, 3.63) is 16.8 Å². The third-order valence-corrected chi connectivity index (χ3v) is 8.19. The molecule has 4 rings (SSSR count). The average molecular weight is 499 g/mol. The zero-order valence-electron chi connectivity index (χ0n) is 21.2. The van der Waals surface area contributed by atoms with E-state index in [0.29, 0.717) is 12.3 Å². The van der Waals surface area contributed by atoms with Crippen LogP contribution in [0, 0.1) is 17.2 Å². The lowest BCUT2D eigenvalue weighted by atomic mass is 9.88. The molecule has 8 nitrogen and oxygen atoms in total. The van der Waals surface area contributed by atoms with Crippen LogP contribution in [0.4, 0.5) is 4.79 Å². The van der Waals surface area contributed by atoms with E-state index in [4.69, 9.17) is 9.47 Å². The minimum absolute atomic E-state index is 0.0101. The van der Waals surface area contributed by atoms with Crippen LogP contribution in [0.15, 0.2) is 6.33 Å². The molecule has 2 aromatic heterocycles. The molecule has 2 atom stereocenters. The van der Waals surface area contributed by atoms with Gasteiger partial charge in [-0.05, 0) is 84.1 Å². The molecule has 1 unspecified atom stereocenters. The first-order valence-corrected chi connectivity index (χ1v) is 13.2. The van der Waals surface area contributed by atoms with Crippen LogP contribution in [0.25, 0.3) is 10.2 Å². The van der Waals surface area contributed by atoms with E-state index >= 15 is 0 Å². The predicted molar refractivity (Wildman–Crippen MR) is 134 cm³/mol. The van der Waals surface area contributed by atoms with Gasteiger partial charge in [0, 0.05) is 18.0 Å². The number of ether oxygens (including phenoxy) is 2. The van der Waals surface area contributed by atoms with Crippen molar-refractivity contribution in [2.24, 2.45) is 5.92 Å². The Labute approximate surface area is 210 Å². The molecule has 0 aromatic carbocycles. The highest BCUT2D eigenvalue weighted by Crippen LogP contribution is 2.48. The van der Waals surface area contributed by atoms with Gasteiger partial charge in [0.25, 0.3) is 0 Å². The van der Waals surface area contributed by atoms with Gasteiger partial charge in [0.05, 0.1) is 11.5 Å². The number of thiophene rings is 1. The van der Waals surface area contributed by atoms with Crippen molar-refractivity contribution in [1.29, 1.82) is 5.26 Å². The minimum Gasteiger partial charge on any atom is -0.474 e. The van der Waals surface area contributed by atoms with E-state index in [-0.39, 0.29) is 29.9 Å². The highest BCUT2D eigenvalue weighted by molar-refractivity contribution is 7.19. The molecule has 1 amide bonds. The van der Waals surface area contributed by atoms with Gasteiger partial charge in [-0.15, -0.1) is 11.3 Å². The molecule has 0 radical (unpaired) electrons. The molecule has 2 heterocycles. The normalized spacial score (nSPS) is 22.8. The number of nitrogens with zero attached hydrogens (tertiary/aromatic N) is 4. The van der Waals surface area contributed by atoms with Crippen LogP contribution in [0.3, 0.4) is 0 Å². The molecule has 2 aliphatic carbocycles. The summed E-state index contributed by atoms with van der Waals surface area (Å²) in [7, 11) is 1.80. The highest BCUT2D eigenvalue weighted by atomic mass is 32.1. The molecule has 188 valence electrons. The fourth-order valence-corrected chi connectivity index (χ4v) is 6.38. The SMILES string of the molecule is CC(=O)C(C#N)C[C@H]1CCc2sc3ncnc(O[C@H]4CC[C@H](N(C)C(=O)OC(C)(C)C)CC4)c3c21. The number of carbonyl (C=O) groups is 2. The molecule has 35 heavy (non-hydrogen) atoms. The summed E-state index contributed by atoms with van der Waals surface area (Å²) < 4.78 is 12.0. The minimum atomic E-state index is -0.591. The van der Waals surface area contributed by atoms with Crippen LogP contribution < -0.4 is 4.74 Å². The molecule has 0 aliphatic heterocycles. The molecule has 0 N–H and O–H groups in total. The van der Waals surface area contributed by atoms with E-state index < -0.39 is 11.5 Å². The van der Waals surface area contributed by atoms with Crippen LogP contribution >= 0.6 is 11.3 Å². The first kappa shape index (κ1) is 25.4. The Bertz CT molecular complexity index is 1140. The van der Waals surface area contributed by atoms with E-state index in [2.05, 4.69) is 16.0 Å². The van der Waals surface area contributed by atoms with Crippen LogP contribution in [-0.2, 0) is 16.0 Å². The molecular weight excluding hydrogens is 464 g/mol. The topological polar surface area (TPSA) is 105 Å². The van der Waals surface area contributed by atoms with E-state index in [1.54, 1.807) is 29.6 Å². The fraction of sp³-hybridized carbons (Fsp3) is 0.654. The van der Waals surface area contributed by atoms with Crippen molar-refractivity contribution in [3.63, 3.8) is 0 Å². The van der Waals surface area contributed by atoms with Gasteiger partial charge in [0.15, 0.2) is 0 Å². The number of amides is 1. The average Bonchev–Trinajstić information content (AvgIpc) is 3.35. The van der Waals surface area contributed by atoms with E-state index in [1.807, 2.05) is 20.8 Å². The van der Waals surface area contributed by atoms with E-state index in [9.17, 15) is 14.9 Å². The predicted octanol–water partition coefficient (Wildman–Crippen LogP) is 5.40. The molecule has 2 aliphatic rings. The number of hydrogen-bond acceptors (Lipinski definition) is 8. The van der Waals surface area contributed by atoms with Gasteiger partial charge in [-0.25, -0.2) is 14.8 Å². The number of rotatable bonds is 6. The van der Waals surface area contributed by atoms with Gasteiger partial charge < -0.3 is 14.4 Å². The van der Waals surface area contributed by atoms with Crippen molar-refractivity contribution in [2.75, 3.05) is 7.05 Å². The monoisotopic (exact) mass is 498 g/mol. The molecule has 1 fully saturated rings. The molecule has 0 saturated heterocycles. The number of nitriles is 1. The Morgan fingerprint density at radius 2 is 1.94 bits per heavy atom. The van der Waals surface area contributed by atoms with Gasteiger partial charge >= 0.3 is 6.09 Å². The zero-order chi connectivity index (χ0) is 25.3. The van der Waals surface area contributed by atoms with Crippen molar-refractivity contribution < 1.29 is 19.1 Å². The number of ketones is 1. The van der Waals surface area contributed by atoms with Crippen LogP contribution in [0.5, 0.6) is 5.88 Å². The second kappa shape index (κ2) is 10.1. The van der Waals surface area contributed by atoms with Crippen LogP contribution in [-0.4, -0.2) is 51.5 Å². The Hall–Kier alpha value is -2.73. The maximum absolute atomic E-state index is 12.4. The Kier molecular flexibility index (Phi) is 7.32. The van der Waals surface area contributed by atoms with Gasteiger partial charge in [0.2, 0.25) is 5.88 Å². The molecule has 0 spiro atoms. The Balaban J connectivity index is 1.46. The maximum atomic E-state index is 12.4. The fourth-order valence-electron chi connectivity index (χ4n) is 5.15. The number of hydrogen-bond donors (Lipinski definition) is 0.